The summed E-state index contributed by atoms with van der Waals surface area (Å²) in [5.41, 5.74) is 3.01. The topological polar surface area (TPSA) is 35.5 Å². The molecule has 0 saturated heterocycles. The number of carbonyl (C=O) groups is 1. The summed E-state index contributed by atoms with van der Waals surface area (Å²) in [5.74, 6) is 1.27. The van der Waals surface area contributed by atoms with Crippen molar-refractivity contribution in [2.45, 2.75) is 13.8 Å². The van der Waals surface area contributed by atoms with Gasteiger partial charge in [0.2, 0.25) is 0 Å². The second-order valence-corrected chi connectivity index (χ2v) is 5.51. The second-order valence-electron chi connectivity index (χ2n) is 5.10. The molecule has 0 atom stereocenters. The van der Waals surface area contributed by atoms with Gasteiger partial charge >= 0.3 is 0 Å². The van der Waals surface area contributed by atoms with E-state index in [2.05, 4.69) is 0 Å². The van der Waals surface area contributed by atoms with Gasteiger partial charge in [0.05, 0.1) is 0 Å². The summed E-state index contributed by atoms with van der Waals surface area (Å²) in [6.45, 7) is 4.82. The summed E-state index contributed by atoms with van der Waals surface area (Å²) in [4.78, 5) is 12.7. The van der Waals surface area contributed by atoms with Crippen molar-refractivity contribution in [3.8, 4) is 11.5 Å². The van der Waals surface area contributed by atoms with Gasteiger partial charge < -0.3 is 9.47 Å². The van der Waals surface area contributed by atoms with Crippen LogP contribution in [0.25, 0.3) is 0 Å². The monoisotopic (exact) mass is 302 g/mol. The molecule has 0 amide bonds. The average Bonchev–Trinajstić information content (AvgIpc) is 2.50. The van der Waals surface area contributed by atoms with Crippen LogP contribution in [0.3, 0.4) is 0 Å². The molecule has 21 heavy (non-hydrogen) atoms. The number of hydrogen-bond acceptors (Lipinski definition) is 3. The van der Waals surface area contributed by atoms with Crippen molar-refractivity contribution in [1.29, 1.82) is 0 Å². The largest absolute Gasteiger partial charge is 0.486 e. The lowest BCUT2D eigenvalue weighted by molar-refractivity contribution is 0.103. The molecule has 0 aromatic heterocycles. The van der Waals surface area contributed by atoms with Gasteiger partial charge in [0.15, 0.2) is 17.3 Å². The Kier molecular flexibility index (Phi) is 3.60. The summed E-state index contributed by atoms with van der Waals surface area (Å²) < 4.78 is 11.0. The van der Waals surface area contributed by atoms with Crippen LogP contribution in [0.5, 0.6) is 11.5 Å². The molecule has 2 aromatic carbocycles. The summed E-state index contributed by atoms with van der Waals surface area (Å²) in [6, 6.07) is 8.93. The SMILES string of the molecule is Cc1cc(C(=O)c2ccc3c(c2)OCCO3)c(C)cc1Cl. The summed E-state index contributed by atoms with van der Waals surface area (Å²) in [5, 5.41) is 0.672. The van der Waals surface area contributed by atoms with Gasteiger partial charge in [-0.2, -0.15) is 0 Å². The highest BCUT2D eigenvalue weighted by Gasteiger charge is 2.18. The molecule has 0 radical (unpaired) electrons. The molecule has 1 heterocycles. The highest BCUT2D eigenvalue weighted by molar-refractivity contribution is 6.31. The minimum absolute atomic E-state index is 0.0377. The Morgan fingerprint density at radius 1 is 1.00 bits per heavy atom. The van der Waals surface area contributed by atoms with Gasteiger partial charge in [0.1, 0.15) is 13.2 Å². The molecule has 0 saturated carbocycles. The van der Waals surface area contributed by atoms with Crippen molar-refractivity contribution in [1.82, 2.24) is 0 Å². The molecule has 0 aliphatic carbocycles. The lowest BCUT2D eigenvalue weighted by Gasteiger charge is -2.18. The van der Waals surface area contributed by atoms with Crippen LogP contribution >= 0.6 is 11.6 Å². The summed E-state index contributed by atoms with van der Waals surface area (Å²) in [7, 11) is 0. The smallest absolute Gasteiger partial charge is 0.193 e. The van der Waals surface area contributed by atoms with Crippen LogP contribution in [0.4, 0.5) is 0 Å². The lowest BCUT2D eigenvalue weighted by atomic mass is 9.97. The van der Waals surface area contributed by atoms with Crippen LogP contribution < -0.4 is 9.47 Å². The maximum atomic E-state index is 12.7. The number of hydrogen-bond donors (Lipinski definition) is 0. The molecule has 108 valence electrons. The van der Waals surface area contributed by atoms with Crippen LogP contribution in [0.1, 0.15) is 27.0 Å². The minimum atomic E-state index is -0.0377. The van der Waals surface area contributed by atoms with Crippen LogP contribution in [0.15, 0.2) is 30.3 Å². The second kappa shape index (κ2) is 5.41. The van der Waals surface area contributed by atoms with Crippen LogP contribution in [0.2, 0.25) is 5.02 Å². The molecule has 0 unspecified atom stereocenters. The van der Waals surface area contributed by atoms with E-state index in [1.165, 1.54) is 0 Å². The normalized spacial score (nSPS) is 13.1. The van der Waals surface area contributed by atoms with Gasteiger partial charge in [-0.3, -0.25) is 4.79 Å². The Morgan fingerprint density at radius 2 is 1.71 bits per heavy atom. The van der Waals surface area contributed by atoms with Gasteiger partial charge in [-0.15, -0.1) is 0 Å². The van der Waals surface area contributed by atoms with E-state index < -0.39 is 0 Å². The fraction of sp³-hybridized carbons (Fsp3) is 0.235. The summed E-state index contributed by atoms with van der Waals surface area (Å²) in [6.07, 6.45) is 0. The Morgan fingerprint density at radius 3 is 2.48 bits per heavy atom. The van der Waals surface area contributed by atoms with Crippen molar-refractivity contribution < 1.29 is 14.3 Å². The van der Waals surface area contributed by atoms with Crippen molar-refractivity contribution in [3.05, 3.63) is 57.6 Å². The molecule has 1 aliphatic heterocycles. The van der Waals surface area contributed by atoms with E-state index in [-0.39, 0.29) is 5.78 Å². The van der Waals surface area contributed by atoms with Crippen molar-refractivity contribution in [2.75, 3.05) is 13.2 Å². The number of aryl methyl sites for hydroxylation is 2. The van der Waals surface area contributed by atoms with Gasteiger partial charge in [-0.05, 0) is 55.3 Å². The standard InChI is InChI=1S/C17H15ClO3/c1-10-8-14(18)11(2)7-13(10)17(19)12-3-4-15-16(9-12)21-6-5-20-15/h3-4,7-9H,5-6H2,1-2H3. The fourth-order valence-corrected chi connectivity index (χ4v) is 2.58. The average molecular weight is 303 g/mol. The van der Waals surface area contributed by atoms with E-state index in [9.17, 15) is 4.79 Å². The first-order valence-electron chi connectivity index (χ1n) is 6.77. The predicted molar refractivity (Wildman–Crippen MR) is 81.8 cm³/mol. The third-order valence-corrected chi connectivity index (χ3v) is 3.96. The number of rotatable bonds is 2. The number of fused-ring (bicyclic) bond motifs is 1. The number of carbonyl (C=O) groups excluding carboxylic acids is 1. The molecule has 0 fully saturated rings. The molecule has 0 N–H and O–H groups in total. The van der Waals surface area contributed by atoms with E-state index in [1.807, 2.05) is 26.0 Å². The first kappa shape index (κ1) is 14.0. The maximum absolute atomic E-state index is 12.7. The van der Waals surface area contributed by atoms with E-state index in [0.29, 0.717) is 40.9 Å². The van der Waals surface area contributed by atoms with E-state index in [1.54, 1.807) is 18.2 Å². The van der Waals surface area contributed by atoms with Crippen LogP contribution in [0, 0.1) is 13.8 Å². The van der Waals surface area contributed by atoms with Crippen molar-refractivity contribution in [3.63, 3.8) is 0 Å². The molecule has 0 bridgehead atoms. The minimum Gasteiger partial charge on any atom is -0.486 e. The number of benzene rings is 2. The molecule has 2 aromatic rings. The number of ketones is 1. The molecular weight excluding hydrogens is 288 g/mol. The molecule has 4 heteroatoms. The lowest BCUT2D eigenvalue weighted by Crippen LogP contribution is -2.16. The van der Waals surface area contributed by atoms with E-state index in [4.69, 9.17) is 21.1 Å². The number of halogens is 1. The van der Waals surface area contributed by atoms with E-state index >= 15 is 0 Å². The number of ether oxygens (including phenoxy) is 2. The third kappa shape index (κ3) is 2.61. The molecule has 3 rings (SSSR count). The Bertz CT molecular complexity index is 722. The zero-order valence-electron chi connectivity index (χ0n) is 11.9. The van der Waals surface area contributed by atoms with Gasteiger partial charge in [0, 0.05) is 16.1 Å². The first-order chi connectivity index (χ1) is 10.1. The van der Waals surface area contributed by atoms with Gasteiger partial charge in [-0.1, -0.05) is 11.6 Å². The maximum Gasteiger partial charge on any atom is 0.193 e. The van der Waals surface area contributed by atoms with Crippen molar-refractivity contribution in [2.24, 2.45) is 0 Å². The van der Waals surface area contributed by atoms with E-state index in [0.717, 1.165) is 11.1 Å². The Hall–Kier alpha value is -2.00. The Labute approximate surface area is 128 Å². The van der Waals surface area contributed by atoms with Crippen LogP contribution in [-0.2, 0) is 0 Å². The molecule has 1 aliphatic rings. The fourth-order valence-electron chi connectivity index (χ4n) is 2.37. The predicted octanol–water partition coefficient (Wildman–Crippen LogP) is 3.96. The third-order valence-electron chi connectivity index (χ3n) is 3.55. The summed E-state index contributed by atoms with van der Waals surface area (Å²) >= 11 is 6.08. The Balaban J connectivity index is 2.01. The first-order valence-corrected chi connectivity index (χ1v) is 7.15. The zero-order valence-corrected chi connectivity index (χ0v) is 12.7. The van der Waals surface area contributed by atoms with Gasteiger partial charge in [-0.25, -0.2) is 0 Å². The van der Waals surface area contributed by atoms with Crippen LogP contribution in [-0.4, -0.2) is 19.0 Å². The highest BCUT2D eigenvalue weighted by Crippen LogP contribution is 2.32. The highest BCUT2D eigenvalue weighted by atomic mass is 35.5. The molecule has 0 spiro atoms. The van der Waals surface area contributed by atoms with Crippen molar-refractivity contribution >= 4 is 17.4 Å². The zero-order chi connectivity index (χ0) is 15.0. The van der Waals surface area contributed by atoms with Gasteiger partial charge in [0.25, 0.3) is 0 Å². The quantitative estimate of drug-likeness (QED) is 0.788. The molecular formula is C17H15ClO3. The molecule has 3 nitrogen and oxygen atoms in total.